The molecule has 4 heteroatoms. The molecule has 4 nitrogen and oxygen atoms in total. The molecule has 0 aliphatic heterocycles. The quantitative estimate of drug-likeness (QED) is 0.369. The monoisotopic (exact) mass is 160 g/mol. The molecule has 0 unspecified atom stereocenters. The average molecular weight is 160 g/mol. The van der Waals surface area contributed by atoms with E-state index < -0.39 is 0 Å². The smallest absolute Gasteiger partial charge is 0.0970 e. The highest BCUT2D eigenvalue weighted by Crippen LogP contribution is 2.11. The summed E-state index contributed by atoms with van der Waals surface area (Å²) in [5.74, 6) is 5.05. The number of aromatic nitrogens is 2. The van der Waals surface area contributed by atoms with E-state index in [4.69, 9.17) is 5.84 Å². The topological polar surface area (TPSA) is 67.1 Å². The van der Waals surface area contributed by atoms with E-state index in [-0.39, 0.29) is 0 Å². The largest absolute Gasteiger partial charge is 0.345 e. The lowest BCUT2D eigenvalue weighted by atomic mass is 10.2. The van der Waals surface area contributed by atoms with E-state index in [9.17, 15) is 0 Å². The Hall–Kier alpha value is -1.84. The zero-order chi connectivity index (χ0) is 8.39. The molecule has 60 valence electrons. The maximum atomic E-state index is 5.05. The molecular weight excluding hydrogens is 152 g/mol. The van der Waals surface area contributed by atoms with Crippen LogP contribution in [0.5, 0.6) is 0 Å². The van der Waals surface area contributed by atoms with Gasteiger partial charge in [-0.2, -0.15) is 5.10 Å². The van der Waals surface area contributed by atoms with E-state index in [1.165, 1.54) is 0 Å². The molecule has 1 aromatic heterocycles. The van der Waals surface area contributed by atoms with Crippen LogP contribution in [0.2, 0.25) is 0 Å². The Labute approximate surface area is 69.1 Å². The Morgan fingerprint density at radius 2 is 2.42 bits per heavy atom. The number of hydrazone groups is 1. The van der Waals surface area contributed by atoms with E-state index in [2.05, 4.69) is 15.1 Å². The summed E-state index contributed by atoms with van der Waals surface area (Å²) in [5.41, 5.74) is 2.82. The highest BCUT2D eigenvalue weighted by atomic mass is 15.1. The van der Waals surface area contributed by atoms with Crippen LogP contribution in [0.3, 0.4) is 0 Å². The van der Waals surface area contributed by atoms with Crippen molar-refractivity contribution in [2.45, 2.75) is 0 Å². The summed E-state index contributed by atoms with van der Waals surface area (Å²) in [5, 5.41) is 3.46. The predicted molar refractivity (Wildman–Crippen MR) is 47.9 cm³/mol. The van der Waals surface area contributed by atoms with E-state index in [1.54, 1.807) is 12.5 Å². The lowest BCUT2D eigenvalue weighted by molar-refractivity contribution is 1.26. The molecule has 1 heterocycles. The van der Waals surface area contributed by atoms with Gasteiger partial charge in [0.1, 0.15) is 0 Å². The second kappa shape index (κ2) is 2.65. The summed E-state index contributed by atoms with van der Waals surface area (Å²) in [6.45, 7) is 0. The first-order valence-electron chi connectivity index (χ1n) is 3.57. The molecule has 12 heavy (non-hydrogen) atoms. The van der Waals surface area contributed by atoms with Crippen molar-refractivity contribution in [3.8, 4) is 0 Å². The molecule has 3 N–H and O–H groups in total. The molecule has 0 bridgehead atoms. The van der Waals surface area contributed by atoms with Gasteiger partial charge in [-0.3, -0.25) is 0 Å². The van der Waals surface area contributed by atoms with Crippen LogP contribution >= 0.6 is 0 Å². The fourth-order valence-corrected chi connectivity index (χ4v) is 1.17. The number of hydrogen-bond acceptors (Lipinski definition) is 3. The van der Waals surface area contributed by atoms with E-state index in [1.807, 2.05) is 18.2 Å². The lowest BCUT2D eigenvalue weighted by Crippen LogP contribution is -1.87. The normalized spacial score (nSPS) is 11.3. The Bertz CT molecular complexity index is 416. The van der Waals surface area contributed by atoms with Gasteiger partial charge in [0.15, 0.2) is 0 Å². The SMILES string of the molecule is NN=Cc1cccc2[nH]cnc12. The van der Waals surface area contributed by atoms with Crippen molar-refractivity contribution >= 4 is 17.2 Å². The first kappa shape index (κ1) is 6.84. The fraction of sp³-hybridized carbons (Fsp3) is 0. The number of benzene rings is 1. The average Bonchev–Trinajstić information content (AvgIpc) is 2.53. The van der Waals surface area contributed by atoms with Crippen LogP contribution in [0.15, 0.2) is 29.6 Å². The van der Waals surface area contributed by atoms with E-state index in [0.29, 0.717) is 0 Å². The van der Waals surface area contributed by atoms with Crippen molar-refractivity contribution in [1.82, 2.24) is 9.97 Å². The van der Waals surface area contributed by atoms with Gasteiger partial charge < -0.3 is 10.8 Å². The van der Waals surface area contributed by atoms with Crippen LogP contribution < -0.4 is 5.84 Å². The lowest BCUT2D eigenvalue weighted by Gasteiger charge is -1.92. The van der Waals surface area contributed by atoms with Crippen LogP contribution in [-0.4, -0.2) is 16.2 Å². The van der Waals surface area contributed by atoms with Crippen LogP contribution in [0.4, 0.5) is 0 Å². The number of para-hydroxylation sites is 1. The number of nitrogens with one attached hydrogen (secondary N) is 1. The summed E-state index contributed by atoms with van der Waals surface area (Å²) < 4.78 is 0. The number of aromatic amines is 1. The molecule has 0 atom stereocenters. The number of rotatable bonds is 1. The van der Waals surface area contributed by atoms with Crippen molar-refractivity contribution in [1.29, 1.82) is 0 Å². The molecular formula is C8H8N4. The Morgan fingerprint density at radius 1 is 1.50 bits per heavy atom. The third-order valence-electron chi connectivity index (χ3n) is 1.69. The molecule has 2 rings (SSSR count). The second-order valence-corrected chi connectivity index (χ2v) is 2.42. The molecule has 0 aliphatic carbocycles. The fourth-order valence-electron chi connectivity index (χ4n) is 1.17. The van der Waals surface area contributed by atoms with Gasteiger partial charge in [0.05, 0.1) is 23.6 Å². The van der Waals surface area contributed by atoms with Gasteiger partial charge >= 0.3 is 0 Å². The summed E-state index contributed by atoms with van der Waals surface area (Å²) in [6, 6.07) is 5.80. The summed E-state index contributed by atoms with van der Waals surface area (Å²) in [6.07, 6.45) is 3.24. The number of hydrogen-bond donors (Lipinski definition) is 2. The van der Waals surface area contributed by atoms with Crippen molar-refractivity contribution < 1.29 is 0 Å². The van der Waals surface area contributed by atoms with Gasteiger partial charge in [-0.15, -0.1) is 0 Å². The molecule has 0 saturated carbocycles. The molecule has 0 spiro atoms. The number of nitrogens with zero attached hydrogens (tertiary/aromatic N) is 2. The zero-order valence-electron chi connectivity index (χ0n) is 6.36. The second-order valence-electron chi connectivity index (χ2n) is 2.42. The highest BCUT2D eigenvalue weighted by Gasteiger charge is 1.98. The number of H-pyrrole nitrogens is 1. The molecule has 0 saturated heterocycles. The highest BCUT2D eigenvalue weighted by molar-refractivity contribution is 5.95. The summed E-state index contributed by atoms with van der Waals surface area (Å²) in [4.78, 5) is 7.14. The Balaban J connectivity index is 2.73. The van der Waals surface area contributed by atoms with Crippen molar-refractivity contribution in [3.63, 3.8) is 0 Å². The first-order chi connectivity index (χ1) is 5.92. The molecule has 0 radical (unpaired) electrons. The summed E-state index contributed by atoms with van der Waals surface area (Å²) >= 11 is 0. The summed E-state index contributed by atoms with van der Waals surface area (Å²) in [7, 11) is 0. The molecule has 0 aliphatic rings. The molecule has 0 fully saturated rings. The third-order valence-corrected chi connectivity index (χ3v) is 1.69. The van der Waals surface area contributed by atoms with Crippen LogP contribution in [0.1, 0.15) is 5.56 Å². The van der Waals surface area contributed by atoms with Crippen LogP contribution in [0, 0.1) is 0 Å². The van der Waals surface area contributed by atoms with Crippen molar-refractivity contribution in [2.24, 2.45) is 10.9 Å². The Kier molecular flexibility index (Phi) is 1.51. The van der Waals surface area contributed by atoms with Gasteiger partial charge in [0, 0.05) is 5.56 Å². The van der Waals surface area contributed by atoms with E-state index >= 15 is 0 Å². The minimum Gasteiger partial charge on any atom is -0.345 e. The van der Waals surface area contributed by atoms with Crippen LogP contribution in [0.25, 0.3) is 11.0 Å². The third kappa shape index (κ3) is 0.934. The standard InChI is InChI=1S/C8H8N4/c9-12-4-6-2-1-3-7-8(6)11-5-10-7/h1-5H,9H2,(H,10,11). The number of imidazole rings is 1. The Morgan fingerprint density at radius 3 is 3.25 bits per heavy atom. The van der Waals surface area contributed by atoms with Crippen molar-refractivity contribution in [3.05, 3.63) is 30.1 Å². The minimum atomic E-state index is 0.895. The minimum absolute atomic E-state index is 0.895. The zero-order valence-corrected chi connectivity index (χ0v) is 6.36. The maximum Gasteiger partial charge on any atom is 0.0970 e. The van der Waals surface area contributed by atoms with Gasteiger partial charge in [-0.05, 0) is 6.07 Å². The molecule has 0 amide bonds. The van der Waals surface area contributed by atoms with Gasteiger partial charge in [-0.25, -0.2) is 4.98 Å². The number of fused-ring (bicyclic) bond motifs is 1. The number of nitrogens with two attached hydrogens (primary N) is 1. The first-order valence-corrected chi connectivity index (χ1v) is 3.57. The van der Waals surface area contributed by atoms with Crippen molar-refractivity contribution in [2.75, 3.05) is 0 Å². The predicted octanol–water partition coefficient (Wildman–Crippen LogP) is 0.856. The van der Waals surface area contributed by atoms with E-state index in [0.717, 1.165) is 16.6 Å². The maximum absolute atomic E-state index is 5.05. The van der Waals surface area contributed by atoms with Gasteiger partial charge in [0.2, 0.25) is 0 Å². The van der Waals surface area contributed by atoms with Crippen LogP contribution in [-0.2, 0) is 0 Å². The molecule has 2 aromatic rings. The molecule has 1 aromatic carbocycles. The van der Waals surface area contributed by atoms with Gasteiger partial charge in [0.25, 0.3) is 0 Å². The van der Waals surface area contributed by atoms with Gasteiger partial charge in [-0.1, -0.05) is 12.1 Å².